The van der Waals surface area contributed by atoms with Crippen LogP contribution in [0, 0.1) is 0 Å². The first-order chi connectivity index (χ1) is 14.2. The first-order valence-corrected chi connectivity index (χ1v) is 10.1. The molecule has 2 heterocycles. The number of pyridine rings is 1. The first kappa shape index (κ1) is 17.6. The number of aryl methyl sites for hydroxylation is 1. The van der Waals surface area contributed by atoms with Gasteiger partial charge in [0.15, 0.2) is 0 Å². The molecule has 0 spiro atoms. The number of hydrogen-bond donors (Lipinski definition) is 0. The van der Waals surface area contributed by atoms with Crippen LogP contribution in [0.4, 0.5) is 5.69 Å². The van der Waals surface area contributed by atoms with E-state index in [0.29, 0.717) is 5.56 Å². The van der Waals surface area contributed by atoms with Crippen molar-refractivity contribution in [2.24, 2.45) is 0 Å². The maximum atomic E-state index is 13.6. The van der Waals surface area contributed by atoms with Gasteiger partial charge in [0.25, 0.3) is 5.91 Å². The SMILES string of the molecule is CCc1ccc(-c2cc(C(=O)N3CCc4ccccc43)c3ccccc3n2)cc1. The number of anilines is 1. The highest BCUT2D eigenvalue weighted by Gasteiger charge is 2.26. The van der Waals surface area contributed by atoms with Gasteiger partial charge in [-0.3, -0.25) is 4.79 Å². The van der Waals surface area contributed by atoms with Gasteiger partial charge in [-0.1, -0.05) is 67.6 Å². The van der Waals surface area contributed by atoms with Crippen LogP contribution in [-0.4, -0.2) is 17.4 Å². The van der Waals surface area contributed by atoms with Gasteiger partial charge in [-0.25, -0.2) is 4.98 Å². The summed E-state index contributed by atoms with van der Waals surface area (Å²) in [5, 5.41) is 0.899. The molecule has 142 valence electrons. The number of para-hydroxylation sites is 2. The zero-order valence-corrected chi connectivity index (χ0v) is 16.4. The molecule has 1 aliphatic rings. The number of carbonyl (C=O) groups excluding carboxylic acids is 1. The van der Waals surface area contributed by atoms with Gasteiger partial charge in [0.05, 0.1) is 16.8 Å². The smallest absolute Gasteiger partial charge is 0.259 e. The summed E-state index contributed by atoms with van der Waals surface area (Å²) in [6.07, 6.45) is 1.90. The maximum absolute atomic E-state index is 13.6. The lowest BCUT2D eigenvalue weighted by Gasteiger charge is -2.19. The second-order valence-corrected chi connectivity index (χ2v) is 7.46. The Kier molecular flexibility index (Phi) is 4.36. The highest BCUT2D eigenvalue weighted by Crippen LogP contribution is 2.32. The lowest BCUT2D eigenvalue weighted by Crippen LogP contribution is -2.29. The van der Waals surface area contributed by atoms with E-state index in [1.165, 1.54) is 11.1 Å². The van der Waals surface area contributed by atoms with Crippen molar-refractivity contribution in [3.63, 3.8) is 0 Å². The molecule has 1 aromatic heterocycles. The number of rotatable bonds is 3. The topological polar surface area (TPSA) is 33.2 Å². The minimum Gasteiger partial charge on any atom is -0.308 e. The van der Waals surface area contributed by atoms with Crippen molar-refractivity contribution in [1.82, 2.24) is 4.98 Å². The molecular weight excluding hydrogens is 356 g/mol. The summed E-state index contributed by atoms with van der Waals surface area (Å²) in [7, 11) is 0. The third kappa shape index (κ3) is 3.09. The number of fused-ring (bicyclic) bond motifs is 2. The Labute approximate surface area is 170 Å². The molecule has 0 N–H and O–H groups in total. The van der Waals surface area contributed by atoms with Crippen molar-refractivity contribution in [3.05, 3.63) is 95.6 Å². The van der Waals surface area contributed by atoms with E-state index >= 15 is 0 Å². The Balaban J connectivity index is 1.63. The Morgan fingerprint density at radius 1 is 0.966 bits per heavy atom. The molecule has 0 fully saturated rings. The quantitative estimate of drug-likeness (QED) is 0.460. The summed E-state index contributed by atoms with van der Waals surface area (Å²) in [6.45, 7) is 2.86. The third-order valence-corrected chi connectivity index (χ3v) is 5.74. The molecule has 0 unspecified atom stereocenters. The van der Waals surface area contributed by atoms with Gasteiger partial charge in [0.1, 0.15) is 0 Å². The van der Waals surface area contributed by atoms with Crippen LogP contribution in [0.15, 0.2) is 78.9 Å². The number of aromatic nitrogens is 1. The molecule has 0 saturated heterocycles. The summed E-state index contributed by atoms with van der Waals surface area (Å²) >= 11 is 0. The summed E-state index contributed by atoms with van der Waals surface area (Å²) in [5.74, 6) is 0.0416. The van der Waals surface area contributed by atoms with Crippen LogP contribution in [0.3, 0.4) is 0 Å². The van der Waals surface area contributed by atoms with E-state index in [-0.39, 0.29) is 5.91 Å². The van der Waals surface area contributed by atoms with Crippen molar-refractivity contribution in [3.8, 4) is 11.3 Å². The van der Waals surface area contributed by atoms with Crippen LogP contribution < -0.4 is 4.90 Å². The van der Waals surface area contributed by atoms with Crippen LogP contribution in [0.2, 0.25) is 0 Å². The second kappa shape index (κ2) is 7.17. The minimum absolute atomic E-state index is 0.0416. The summed E-state index contributed by atoms with van der Waals surface area (Å²) in [4.78, 5) is 20.4. The van der Waals surface area contributed by atoms with Gasteiger partial charge in [-0.15, -0.1) is 0 Å². The molecule has 5 rings (SSSR count). The van der Waals surface area contributed by atoms with Gasteiger partial charge in [-0.05, 0) is 42.2 Å². The Morgan fingerprint density at radius 3 is 2.55 bits per heavy atom. The number of amides is 1. The number of hydrogen-bond acceptors (Lipinski definition) is 2. The lowest BCUT2D eigenvalue weighted by molar-refractivity contribution is 0.0991. The van der Waals surface area contributed by atoms with Crippen LogP contribution in [0.5, 0.6) is 0 Å². The minimum atomic E-state index is 0.0416. The molecule has 0 atom stereocenters. The van der Waals surface area contributed by atoms with Crippen molar-refractivity contribution in [2.75, 3.05) is 11.4 Å². The van der Waals surface area contributed by atoms with Crippen LogP contribution in [-0.2, 0) is 12.8 Å². The average Bonchev–Trinajstić information content (AvgIpc) is 3.22. The zero-order valence-electron chi connectivity index (χ0n) is 16.4. The standard InChI is InChI=1S/C26H22N2O/c1-2-18-11-13-19(14-12-18)24-17-22(21-8-4-5-9-23(21)27-24)26(29)28-16-15-20-7-3-6-10-25(20)28/h3-14,17H,2,15-16H2,1H3. The van der Waals surface area contributed by atoms with Crippen molar-refractivity contribution in [1.29, 1.82) is 0 Å². The van der Waals surface area contributed by atoms with E-state index in [2.05, 4.69) is 37.3 Å². The van der Waals surface area contributed by atoms with Gasteiger partial charge in [0, 0.05) is 23.2 Å². The molecule has 1 amide bonds. The normalized spacial score (nSPS) is 12.9. The van der Waals surface area contributed by atoms with Crippen molar-refractivity contribution < 1.29 is 4.79 Å². The molecule has 29 heavy (non-hydrogen) atoms. The largest absolute Gasteiger partial charge is 0.308 e. The third-order valence-electron chi connectivity index (χ3n) is 5.74. The van der Waals surface area contributed by atoms with E-state index in [1.807, 2.05) is 53.4 Å². The Morgan fingerprint density at radius 2 is 1.72 bits per heavy atom. The van der Waals surface area contributed by atoms with E-state index in [4.69, 9.17) is 4.98 Å². The lowest BCUT2D eigenvalue weighted by atomic mass is 10.0. The fourth-order valence-corrected chi connectivity index (χ4v) is 4.11. The van der Waals surface area contributed by atoms with Gasteiger partial charge in [-0.2, -0.15) is 0 Å². The molecule has 0 aliphatic carbocycles. The molecule has 0 radical (unpaired) electrons. The molecule has 4 aromatic rings. The zero-order chi connectivity index (χ0) is 19.8. The molecule has 1 aliphatic heterocycles. The monoisotopic (exact) mass is 378 g/mol. The van der Waals surface area contributed by atoms with E-state index in [0.717, 1.165) is 47.2 Å². The molecule has 3 heteroatoms. The maximum Gasteiger partial charge on any atom is 0.259 e. The summed E-state index contributed by atoms with van der Waals surface area (Å²) in [6, 6.07) is 26.5. The fraction of sp³-hybridized carbons (Fsp3) is 0.154. The summed E-state index contributed by atoms with van der Waals surface area (Å²) < 4.78 is 0. The average molecular weight is 378 g/mol. The van der Waals surface area contributed by atoms with E-state index < -0.39 is 0 Å². The van der Waals surface area contributed by atoms with Gasteiger partial charge < -0.3 is 4.90 Å². The van der Waals surface area contributed by atoms with E-state index in [9.17, 15) is 4.79 Å². The van der Waals surface area contributed by atoms with Crippen molar-refractivity contribution in [2.45, 2.75) is 19.8 Å². The fourth-order valence-electron chi connectivity index (χ4n) is 4.11. The number of carbonyl (C=O) groups is 1. The van der Waals surface area contributed by atoms with Crippen LogP contribution in [0.1, 0.15) is 28.4 Å². The second-order valence-electron chi connectivity index (χ2n) is 7.46. The number of nitrogens with zero attached hydrogens (tertiary/aromatic N) is 2. The van der Waals surface area contributed by atoms with E-state index in [1.54, 1.807) is 0 Å². The predicted octanol–water partition coefficient (Wildman–Crippen LogP) is 5.67. The predicted molar refractivity (Wildman–Crippen MR) is 118 cm³/mol. The highest BCUT2D eigenvalue weighted by atomic mass is 16.2. The van der Waals surface area contributed by atoms with Crippen LogP contribution in [0.25, 0.3) is 22.2 Å². The van der Waals surface area contributed by atoms with Gasteiger partial charge in [0.2, 0.25) is 0 Å². The Bertz CT molecular complexity index is 1210. The molecule has 3 aromatic carbocycles. The first-order valence-electron chi connectivity index (χ1n) is 10.1. The van der Waals surface area contributed by atoms with Crippen molar-refractivity contribution >= 4 is 22.5 Å². The summed E-state index contributed by atoms with van der Waals surface area (Å²) in [5.41, 5.74) is 6.97. The number of benzene rings is 3. The Hall–Kier alpha value is -3.46. The molecule has 0 bridgehead atoms. The van der Waals surface area contributed by atoms with Crippen LogP contribution >= 0.6 is 0 Å². The molecular formula is C26H22N2O. The molecule has 3 nitrogen and oxygen atoms in total. The molecule has 0 saturated carbocycles. The highest BCUT2D eigenvalue weighted by molar-refractivity contribution is 6.15. The van der Waals surface area contributed by atoms with Gasteiger partial charge >= 0.3 is 0 Å².